The topological polar surface area (TPSA) is 32.5 Å². The number of hydrogen-bond donors (Lipinski definition) is 0. The number of benzene rings is 1. The van der Waals surface area contributed by atoms with Crippen LogP contribution in [-0.2, 0) is 0 Å². The van der Waals surface area contributed by atoms with Gasteiger partial charge in [0, 0.05) is 32.7 Å². The smallest absolute Gasteiger partial charge is 0.170 e. The summed E-state index contributed by atoms with van der Waals surface area (Å²) in [7, 11) is 0. The summed E-state index contributed by atoms with van der Waals surface area (Å²) in [5, 5.41) is 0.929. The van der Waals surface area contributed by atoms with E-state index in [2.05, 4.69) is 51.4 Å². The molecule has 1 aliphatic heterocycles. The van der Waals surface area contributed by atoms with Crippen LogP contribution in [0.15, 0.2) is 46.0 Å². The number of furan rings is 1. The fourth-order valence-corrected chi connectivity index (χ4v) is 4.59. The van der Waals surface area contributed by atoms with E-state index in [0.29, 0.717) is 0 Å². The Bertz CT molecular complexity index is 909. The quantitative estimate of drug-likeness (QED) is 0.563. The number of rotatable bonds is 4. The van der Waals surface area contributed by atoms with E-state index in [9.17, 15) is 0 Å². The normalized spacial score (nSPS) is 15.8. The first kappa shape index (κ1) is 16.8. The Hall–Kier alpha value is -1.63. The third kappa shape index (κ3) is 3.26. The average Bonchev–Trinajstić information content (AvgIpc) is 3.22. The SMILES string of the molecule is C=CCN1CCN(c2c(C)ccc3sc(-c4ccc(Br)o4)nc23)CC1. The summed E-state index contributed by atoms with van der Waals surface area (Å²) in [6.45, 7) is 11.1. The number of hydrogen-bond acceptors (Lipinski definition) is 5. The minimum absolute atomic E-state index is 0.733. The van der Waals surface area contributed by atoms with Crippen molar-refractivity contribution in [3.8, 4) is 10.8 Å². The summed E-state index contributed by atoms with van der Waals surface area (Å²) in [4.78, 5) is 9.83. The molecule has 2 aromatic heterocycles. The summed E-state index contributed by atoms with van der Waals surface area (Å²) < 4.78 is 7.63. The molecule has 4 nitrogen and oxygen atoms in total. The van der Waals surface area contributed by atoms with Crippen LogP contribution in [0.25, 0.3) is 21.0 Å². The van der Waals surface area contributed by atoms with Gasteiger partial charge in [0.05, 0.1) is 10.4 Å². The van der Waals surface area contributed by atoms with Crippen molar-refractivity contribution in [3.05, 3.63) is 47.2 Å². The van der Waals surface area contributed by atoms with Crippen LogP contribution in [0, 0.1) is 6.92 Å². The molecule has 0 amide bonds. The minimum atomic E-state index is 0.733. The molecular weight excluding hydrogens is 398 g/mol. The van der Waals surface area contributed by atoms with Gasteiger partial charge in [-0.2, -0.15) is 0 Å². The van der Waals surface area contributed by atoms with Gasteiger partial charge in [-0.25, -0.2) is 4.98 Å². The number of thiazole rings is 1. The van der Waals surface area contributed by atoms with Crippen molar-refractivity contribution < 1.29 is 4.42 Å². The van der Waals surface area contributed by atoms with Crippen molar-refractivity contribution >= 4 is 43.2 Å². The first-order chi connectivity index (χ1) is 12.2. The predicted molar refractivity (Wildman–Crippen MR) is 109 cm³/mol. The van der Waals surface area contributed by atoms with Crippen LogP contribution >= 0.6 is 27.3 Å². The Labute approximate surface area is 159 Å². The van der Waals surface area contributed by atoms with Crippen LogP contribution in [0.3, 0.4) is 0 Å². The Balaban J connectivity index is 1.70. The second kappa shape index (κ2) is 6.94. The molecule has 1 aliphatic rings. The van der Waals surface area contributed by atoms with E-state index in [-0.39, 0.29) is 0 Å². The van der Waals surface area contributed by atoms with Gasteiger partial charge in [-0.1, -0.05) is 12.1 Å². The van der Waals surface area contributed by atoms with Gasteiger partial charge >= 0.3 is 0 Å². The molecule has 0 radical (unpaired) electrons. The van der Waals surface area contributed by atoms with Gasteiger partial charge in [0.15, 0.2) is 15.4 Å². The molecule has 0 spiro atoms. The molecule has 0 atom stereocenters. The Kier molecular flexibility index (Phi) is 4.67. The lowest BCUT2D eigenvalue weighted by molar-refractivity contribution is 0.284. The van der Waals surface area contributed by atoms with Crippen LogP contribution in [0.1, 0.15) is 5.56 Å². The zero-order chi connectivity index (χ0) is 17.4. The lowest BCUT2D eigenvalue weighted by Gasteiger charge is -2.36. The Morgan fingerprint density at radius 2 is 2.04 bits per heavy atom. The lowest BCUT2D eigenvalue weighted by Crippen LogP contribution is -2.46. The van der Waals surface area contributed by atoms with Crippen LogP contribution < -0.4 is 4.90 Å². The van der Waals surface area contributed by atoms with Gasteiger partial charge in [-0.15, -0.1) is 17.9 Å². The van der Waals surface area contributed by atoms with Crippen molar-refractivity contribution in [2.45, 2.75) is 6.92 Å². The summed E-state index contributed by atoms with van der Waals surface area (Å²) in [5.74, 6) is 0.812. The molecule has 25 heavy (non-hydrogen) atoms. The van der Waals surface area contributed by atoms with E-state index in [1.807, 2.05) is 18.2 Å². The molecule has 0 saturated carbocycles. The molecule has 0 N–H and O–H groups in total. The highest BCUT2D eigenvalue weighted by molar-refractivity contribution is 9.10. The Morgan fingerprint density at radius 1 is 1.24 bits per heavy atom. The van der Waals surface area contributed by atoms with Crippen molar-refractivity contribution in [1.29, 1.82) is 0 Å². The van der Waals surface area contributed by atoms with E-state index in [1.54, 1.807) is 11.3 Å². The van der Waals surface area contributed by atoms with Gasteiger partial charge in [0.2, 0.25) is 0 Å². The molecule has 4 rings (SSSR count). The lowest BCUT2D eigenvalue weighted by atomic mass is 10.1. The molecular formula is C19H20BrN3OS. The number of fused-ring (bicyclic) bond motifs is 1. The summed E-state index contributed by atoms with van der Waals surface area (Å²) in [6.07, 6.45) is 1.98. The first-order valence-corrected chi connectivity index (χ1v) is 10.0. The molecule has 1 saturated heterocycles. The third-order valence-corrected chi connectivity index (χ3v) is 6.06. The average molecular weight is 418 g/mol. The number of aryl methyl sites for hydroxylation is 1. The monoisotopic (exact) mass is 417 g/mol. The van der Waals surface area contributed by atoms with E-state index < -0.39 is 0 Å². The van der Waals surface area contributed by atoms with Gasteiger partial charge in [-0.05, 0) is 46.6 Å². The molecule has 0 bridgehead atoms. The van der Waals surface area contributed by atoms with Gasteiger partial charge in [0.25, 0.3) is 0 Å². The van der Waals surface area contributed by atoms with Crippen molar-refractivity contribution in [3.63, 3.8) is 0 Å². The van der Waals surface area contributed by atoms with E-state index in [1.165, 1.54) is 16.0 Å². The molecule has 130 valence electrons. The standard InChI is InChI=1S/C19H20BrN3OS/c1-3-8-22-9-11-23(12-10-22)18-13(2)4-6-15-17(18)21-19(25-15)14-5-7-16(20)24-14/h3-7H,1,8-12H2,2H3. The van der Waals surface area contributed by atoms with Crippen molar-refractivity contribution in [2.75, 3.05) is 37.6 Å². The molecule has 6 heteroatoms. The maximum absolute atomic E-state index is 5.69. The summed E-state index contributed by atoms with van der Waals surface area (Å²) in [5.41, 5.74) is 3.63. The third-order valence-electron chi connectivity index (χ3n) is 4.60. The van der Waals surface area contributed by atoms with Gasteiger partial charge < -0.3 is 9.32 Å². The molecule has 0 aliphatic carbocycles. The number of anilines is 1. The predicted octanol–water partition coefficient (Wildman–Crippen LogP) is 4.94. The van der Waals surface area contributed by atoms with Crippen LogP contribution in [0.2, 0.25) is 0 Å². The fourth-order valence-electron chi connectivity index (χ4n) is 3.35. The van der Waals surface area contributed by atoms with Gasteiger partial charge in [0.1, 0.15) is 5.52 Å². The summed E-state index contributed by atoms with van der Waals surface area (Å²) in [6, 6.07) is 8.24. The number of nitrogens with zero attached hydrogens (tertiary/aromatic N) is 3. The highest BCUT2D eigenvalue weighted by Gasteiger charge is 2.22. The van der Waals surface area contributed by atoms with Crippen LogP contribution in [-0.4, -0.2) is 42.6 Å². The molecule has 0 unspecified atom stereocenters. The molecule has 1 aromatic carbocycles. The molecule has 1 fully saturated rings. The second-order valence-electron chi connectivity index (χ2n) is 6.28. The number of piperazine rings is 1. The molecule has 3 heterocycles. The second-order valence-corrected chi connectivity index (χ2v) is 8.09. The summed E-state index contributed by atoms with van der Waals surface area (Å²) >= 11 is 5.05. The number of aromatic nitrogens is 1. The largest absolute Gasteiger partial charge is 0.447 e. The minimum Gasteiger partial charge on any atom is -0.447 e. The fraction of sp³-hybridized carbons (Fsp3) is 0.316. The van der Waals surface area contributed by atoms with E-state index >= 15 is 0 Å². The van der Waals surface area contributed by atoms with Crippen LogP contribution in [0.5, 0.6) is 0 Å². The van der Waals surface area contributed by atoms with E-state index in [0.717, 1.165) is 53.7 Å². The maximum atomic E-state index is 5.69. The Morgan fingerprint density at radius 3 is 2.72 bits per heavy atom. The van der Waals surface area contributed by atoms with Crippen molar-refractivity contribution in [2.24, 2.45) is 0 Å². The zero-order valence-electron chi connectivity index (χ0n) is 14.2. The van der Waals surface area contributed by atoms with Gasteiger partial charge in [-0.3, -0.25) is 4.90 Å². The highest BCUT2D eigenvalue weighted by atomic mass is 79.9. The maximum Gasteiger partial charge on any atom is 0.170 e. The van der Waals surface area contributed by atoms with Crippen LogP contribution in [0.4, 0.5) is 5.69 Å². The van der Waals surface area contributed by atoms with Crippen molar-refractivity contribution in [1.82, 2.24) is 9.88 Å². The number of halogens is 1. The molecule has 3 aromatic rings. The highest BCUT2D eigenvalue weighted by Crippen LogP contribution is 2.38. The zero-order valence-corrected chi connectivity index (χ0v) is 16.6. The first-order valence-electron chi connectivity index (χ1n) is 8.40. The van der Waals surface area contributed by atoms with E-state index in [4.69, 9.17) is 9.40 Å².